The maximum Gasteiger partial charge on any atom is 0.337 e. The van der Waals surface area contributed by atoms with E-state index in [1.807, 2.05) is 13.0 Å². The lowest BCUT2D eigenvalue weighted by molar-refractivity contribution is 0.0696. The number of hydrogen-bond acceptors (Lipinski definition) is 3. The molecule has 18 heavy (non-hydrogen) atoms. The Balaban J connectivity index is 2.50. The van der Waals surface area contributed by atoms with Crippen LogP contribution < -0.4 is 5.56 Å². The first-order chi connectivity index (χ1) is 8.58. The van der Waals surface area contributed by atoms with Crippen molar-refractivity contribution < 1.29 is 9.90 Å². The molecule has 0 atom stereocenters. The quantitative estimate of drug-likeness (QED) is 0.671. The van der Waals surface area contributed by atoms with Crippen molar-refractivity contribution >= 4 is 22.6 Å². The van der Waals surface area contributed by atoms with Gasteiger partial charge in [0.2, 0.25) is 0 Å². The number of carboxylic acid groups (broad SMARTS) is 1. The predicted molar refractivity (Wildman–Crippen MR) is 65.0 cm³/mol. The summed E-state index contributed by atoms with van der Waals surface area (Å²) in [5, 5.41) is 8.89. The smallest absolute Gasteiger partial charge is 0.337 e. The fraction of sp³-hybridized carbons (Fsp3) is 0.0833. The topological polar surface area (TPSA) is 87.5 Å². The zero-order valence-corrected chi connectivity index (χ0v) is 9.47. The molecule has 0 aliphatic heterocycles. The monoisotopic (exact) mass is 243 g/mol. The van der Waals surface area contributed by atoms with Gasteiger partial charge in [-0.3, -0.25) is 9.20 Å². The van der Waals surface area contributed by atoms with Crippen LogP contribution in [0, 0.1) is 6.92 Å². The number of aromatic nitrogens is 3. The summed E-state index contributed by atoms with van der Waals surface area (Å²) < 4.78 is 1.66. The van der Waals surface area contributed by atoms with Crippen molar-refractivity contribution in [1.29, 1.82) is 0 Å². The molecule has 0 spiro atoms. The lowest BCUT2D eigenvalue weighted by Crippen LogP contribution is -2.12. The molecule has 0 unspecified atom stereocenters. The highest BCUT2D eigenvalue weighted by atomic mass is 16.4. The molecule has 0 saturated heterocycles. The van der Waals surface area contributed by atoms with Crippen LogP contribution in [0.25, 0.3) is 16.7 Å². The highest BCUT2D eigenvalue weighted by molar-refractivity contribution is 5.91. The van der Waals surface area contributed by atoms with Crippen molar-refractivity contribution in [2.45, 2.75) is 6.92 Å². The molecular formula is C12H9N3O3. The van der Waals surface area contributed by atoms with Crippen LogP contribution >= 0.6 is 0 Å². The van der Waals surface area contributed by atoms with Gasteiger partial charge in [0.05, 0.1) is 11.1 Å². The van der Waals surface area contributed by atoms with E-state index in [1.54, 1.807) is 10.6 Å². The zero-order chi connectivity index (χ0) is 12.9. The second-order valence-corrected chi connectivity index (χ2v) is 4.07. The minimum absolute atomic E-state index is 0.0429. The molecule has 6 nitrogen and oxygen atoms in total. The second-order valence-electron chi connectivity index (χ2n) is 4.07. The lowest BCUT2D eigenvalue weighted by Gasteiger charge is -2.03. The average Bonchev–Trinajstić information content (AvgIpc) is 2.71. The van der Waals surface area contributed by atoms with Crippen LogP contribution in [0.15, 0.2) is 29.3 Å². The Morgan fingerprint density at radius 1 is 1.50 bits per heavy atom. The molecule has 0 aliphatic carbocycles. The number of aryl methyl sites for hydroxylation is 1. The molecule has 3 aromatic rings. The minimum Gasteiger partial charge on any atom is -0.478 e. The molecule has 0 radical (unpaired) electrons. The number of nitrogens with zero attached hydrogens (tertiary/aromatic N) is 2. The van der Waals surface area contributed by atoms with Crippen LogP contribution in [-0.2, 0) is 0 Å². The largest absolute Gasteiger partial charge is 0.478 e. The van der Waals surface area contributed by atoms with Crippen molar-refractivity contribution in [2.75, 3.05) is 0 Å². The third-order valence-electron chi connectivity index (χ3n) is 2.89. The van der Waals surface area contributed by atoms with Gasteiger partial charge in [-0.2, -0.15) is 0 Å². The summed E-state index contributed by atoms with van der Waals surface area (Å²) in [5.41, 5.74) is 2.10. The van der Waals surface area contributed by atoms with Gasteiger partial charge in [0.1, 0.15) is 5.52 Å². The molecule has 3 rings (SSSR count). The second kappa shape index (κ2) is 3.43. The maximum absolute atomic E-state index is 11.9. The van der Waals surface area contributed by atoms with Gasteiger partial charge in [0.15, 0.2) is 5.65 Å². The molecule has 0 saturated carbocycles. The van der Waals surface area contributed by atoms with Crippen molar-refractivity contribution in [3.8, 4) is 0 Å². The summed E-state index contributed by atoms with van der Waals surface area (Å²) in [6.07, 6.45) is 3.02. The summed E-state index contributed by atoms with van der Waals surface area (Å²) in [4.78, 5) is 29.5. The van der Waals surface area contributed by atoms with Gasteiger partial charge < -0.3 is 10.1 Å². The Hall–Kier alpha value is -2.63. The van der Waals surface area contributed by atoms with E-state index in [4.69, 9.17) is 5.11 Å². The molecule has 0 amide bonds. The molecule has 0 fully saturated rings. The van der Waals surface area contributed by atoms with Crippen LogP contribution in [-0.4, -0.2) is 25.4 Å². The minimum atomic E-state index is -1.07. The third kappa shape index (κ3) is 1.32. The summed E-state index contributed by atoms with van der Waals surface area (Å²) in [6.45, 7) is 1.84. The highest BCUT2D eigenvalue weighted by Gasteiger charge is 2.11. The fourth-order valence-electron chi connectivity index (χ4n) is 2.03. The standard InChI is InChI=1S/C12H9N3O3/c1-6-2-3-15-9(6)11(16)14-8-4-7(12(17)18)5-13-10(8)15/h2-5H,1H3,(H,14,16)(H,17,18). The van der Waals surface area contributed by atoms with Crippen LogP contribution in [0.3, 0.4) is 0 Å². The first kappa shape index (κ1) is 10.5. The van der Waals surface area contributed by atoms with Crippen LogP contribution in [0.5, 0.6) is 0 Å². The number of aromatic carboxylic acids is 1. The molecule has 90 valence electrons. The van der Waals surface area contributed by atoms with E-state index in [0.29, 0.717) is 16.7 Å². The van der Waals surface area contributed by atoms with Gasteiger partial charge in [-0.05, 0) is 24.6 Å². The number of hydrogen-bond donors (Lipinski definition) is 2. The molecule has 3 aromatic heterocycles. The van der Waals surface area contributed by atoms with Crippen molar-refractivity contribution in [2.24, 2.45) is 0 Å². The molecule has 0 aromatic carbocycles. The van der Waals surface area contributed by atoms with Crippen molar-refractivity contribution in [1.82, 2.24) is 14.4 Å². The van der Waals surface area contributed by atoms with Gasteiger partial charge in [-0.1, -0.05) is 0 Å². The van der Waals surface area contributed by atoms with E-state index < -0.39 is 5.97 Å². The summed E-state index contributed by atoms with van der Waals surface area (Å²) in [7, 11) is 0. The van der Waals surface area contributed by atoms with E-state index in [0.717, 1.165) is 5.56 Å². The van der Waals surface area contributed by atoms with E-state index in [-0.39, 0.29) is 11.1 Å². The highest BCUT2D eigenvalue weighted by Crippen LogP contribution is 2.14. The molecular weight excluding hydrogens is 234 g/mol. The maximum atomic E-state index is 11.9. The first-order valence-electron chi connectivity index (χ1n) is 5.31. The number of aromatic amines is 1. The van der Waals surface area contributed by atoms with Gasteiger partial charge in [0, 0.05) is 12.4 Å². The third-order valence-corrected chi connectivity index (χ3v) is 2.89. The Morgan fingerprint density at radius 3 is 3.00 bits per heavy atom. The van der Waals surface area contributed by atoms with Gasteiger partial charge in [0.25, 0.3) is 5.56 Å². The molecule has 0 bridgehead atoms. The van der Waals surface area contributed by atoms with Crippen LogP contribution in [0.1, 0.15) is 15.9 Å². The number of pyridine rings is 1. The predicted octanol–water partition coefficient (Wildman–Crippen LogP) is 1.18. The SMILES string of the molecule is Cc1ccn2c1c(=O)[nH]c1cc(C(=O)O)cnc12. The zero-order valence-electron chi connectivity index (χ0n) is 9.47. The van der Waals surface area contributed by atoms with Crippen molar-refractivity contribution in [3.05, 3.63) is 46.0 Å². The van der Waals surface area contributed by atoms with Gasteiger partial charge in [-0.25, -0.2) is 9.78 Å². The Kier molecular flexibility index (Phi) is 2.00. The number of fused-ring (bicyclic) bond motifs is 3. The molecule has 3 heterocycles. The fourth-order valence-corrected chi connectivity index (χ4v) is 2.03. The lowest BCUT2D eigenvalue weighted by atomic mass is 10.2. The summed E-state index contributed by atoms with van der Waals surface area (Å²) in [6, 6.07) is 3.22. The average molecular weight is 243 g/mol. The number of carboxylic acids is 1. The Labute approximate surface area is 101 Å². The summed E-state index contributed by atoms with van der Waals surface area (Å²) in [5.74, 6) is -1.07. The van der Waals surface area contributed by atoms with Crippen molar-refractivity contribution in [3.63, 3.8) is 0 Å². The van der Waals surface area contributed by atoms with E-state index in [1.165, 1.54) is 12.3 Å². The first-order valence-corrected chi connectivity index (χ1v) is 5.31. The van der Waals surface area contributed by atoms with E-state index in [2.05, 4.69) is 9.97 Å². The van der Waals surface area contributed by atoms with Gasteiger partial charge in [-0.15, -0.1) is 0 Å². The van der Waals surface area contributed by atoms with Crippen LogP contribution in [0.2, 0.25) is 0 Å². The molecule has 0 aliphatic rings. The van der Waals surface area contributed by atoms with Crippen LogP contribution in [0.4, 0.5) is 0 Å². The normalized spacial score (nSPS) is 11.2. The van der Waals surface area contributed by atoms with E-state index >= 15 is 0 Å². The van der Waals surface area contributed by atoms with Gasteiger partial charge >= 0.3 is 5.97 Å². The summed E-state index contributed by atoms with van der Waals surface area (Å²) >= 11 is 0. The number of nitrogens with one attached hydrogen (secondary N) is 1. The molecule has 6 heteroatoms. The Morgan fingerprint density at radius 2 is 2.28 bits per heavy atom. The Bertz CT molecular complexity index is 845. The molecule has 2 N–H and O–H groups in total. The van der Waals surface area contributed by atoms with E-state index in [9.17, 15) is 9.59 Å². The number of rotatable bonds is 1. The number of carbonyl (C=O) groups is 1. The number of H-pyrrole nitrogens is 1.